The number of halogens is 1. The highest BCUT2D eigenvalue weighted by molar-refractivity contribution is 7.89. The lowest BCUT2D eigenvalue weighted by Crippen LogP contribution is -2.32. The molecule has 1 aromatic heterocycles. The van der Waals surface area contributed by atoms with Gasteiger partial charge in [-0.3, -0.25) is 9.78 Å². The molecule has 3 aromatic rings. The van der Waals surface area contributed by atoms with Crippen molar-refractivity contribution in [2.75, 3.05) is 5.32 Å². The van der Waals surface area contributed by atoms with Crippen LogP contribution >= 0.6 is 0 Å². The summed E-state index contributed by atoms with van der Waals surface area (Å²) >= 11 is 0. The van der Waals surface area contributed by atoms with E-state index in [1.165, 1.54) is 6.20 Å². The molecular formula is C20H20FN3O3S. The summed E-state index contributed by atoms with van der Waals surface area (Å²) in [5.74, 6) is -1.57. The molecule has 0 spiro atoms. The molecule has 0 bridgehead atoms. The van der Waals surface area contributed by atoms with Crippen LogP contribution in [0.3, 0.4) is 0 Å². The van der Waals surface area contributed by atoms with E-state index in [9.17, 15) is 17.6 Å². The van der Waals surface area contributed by atoms with Crippen molar-refractivity contribution >= 4 is 32.5 Å². The molecule has 8 heteroatoms. The van der Waals surface area contributed by atoms with E-state index >= 15 is 0 Å². The van der Waals surface area contributed by atoms with Gasteiger partial charge in [0.2, 0.25) is 10.0 Å². The lowest BCUT2D eigenvalue weighted by molar-refractivity contribution is 0.102. The molecule has 0 radical (unpaired) electrons. The molecule has 1 heterocycles. The van der Waals surface area contributed by atoms with Crippen molar-refractivity contribution in [3.63, 3.8) is 0 Å². The summed E-state index contributed by atoms with van der Waals surface area (Å²) in [6, 6.07) is 11.9. The zero-order valence-electron chi connectivity index (χ0n) is 15.4. The number of para-hydroxylation sites is 1. The molecule has 2 N–H and O–H groups in total. The number of carbonyl (C=O) groups excluding carboxylic acids is 1. The smallest absolute Gasteiger partial charge is 0.258 e. The molecule has 146 valence electrons. The van der Waals surface area contributed by atoms with Crippen LogP contribution in [0.4, 0.5) is 10.1 Å². The SMILES string of the molecule is CC[C@@H](C)NS(=O)(=O)c1ccc(F)c(C(=O)Nc2cnc3ccccc3c2)c1. The van der Waals surface area contributed by atoms with Crippen LogP contribution in [0.5, 0.6) is 0 Å². The summed E-state index contributed by atoms with van der Waals surface area (Å²) < 4.78 is 41.5. The average Bonchev–Trinajstić information content (AvgIpc) is 2.67. The number of rotatable bonds is 6. The third-order valence-electron chi connectivity index (χ3n) is 4.31. The Hall–Kier alpha value is -2.84. The lowest BCUT2D eigenvalue weighted by atomic mass is 10.2. The van der Waals surface area contributed by atoms with E-state index in [0.717, 1.165) is 29.1 Å². The van der Waals surface area contributed by atoms with Gasteiger partial charge < -0.3 is 5.32 Å². The minimum Gasteiger partial charge on any atom is -0.320 e. The molecule has 0 aliphatic carbocycles. The first-order valence-corrected chi connectivity index (χ1v) is 10.3. The van der Waals surface area contributed by atoms with E-state index in [1.807, 2.05) is 31.2 Å². The Bertz CT molecular complexity index is 1130. The third-order valence-corrected chi connectivity index (χ3v) is 5.90. The van der Waals surface area contributed by atoms with E-state index < -0.39 is 21.7 Å². The second kappa shape index (κ2) is 8.04. The van der Waals surface area contributed by atoms with E-state index in [-0.39, 0.29) is 16.5 Å². The predicted molar refractivity (Wildman–Crippen MR) is 106 cm³/mol. The van der Waals surface area contributed by atoms with Gasteiger partial charge in [0.05, 0.1) is 27.9 Å². The standard InChI is InChI=1S/C20H20FN3O3S/c1-3-13(2)24-28(26,27)16-8-9-18(21)17(11-16)20(25)23-15-10-14-6-4-5-7-19(14)22-12-15/h4-13,24H,3H2,1-2H3,(H,23,25)/t13-/m1/s1. The number of benzene rings is 2. The minimum atomic E-state index is -3.86. The normalized spacial score (nSPS) is 12.7. The molecule has 0 aliphatic heterocycles. The summed E-state index contributed by atoms with van der Waals surface area (Å²) in [5, 5.41) is 3.38. The van der Waals surface area contributed by atoms with E-state index in [1.54, 1.807) is 13.0 Å². The van der Waals surface area contributed by atoms with Crippen LogP contribution in [0, 0.1) is 5.82 Å². The Morgan fingerprint density at radius 2 is 1.93 bits per heavy atom. The van der Waals surface area contributed by atoms with Crippen molar-refractivity contribution in [1.82, 2.24) is 9.71 Å². The number of aromatic nitrogens is 1. The number of hydrogen-bond acceptors (Lipinski definition) is 4. The topological polar surface area (TPSA) is 88.2 Å². The Morgan fingerprint density at radius 1 is 1.18 bits per heavy atom. The van der Waals surface area contributed by atoms with Crippen LogP contribution in [0.2, 0.25) is 0 Å². The fourth-order valence-electron chi connectivity index (χ4n) is 2.60. The highest BCUT2D eigenvalue weighted by atomic mass is 32.2. The number of nitrogens with zero attached hydrogens (tertiary/aromatic N) is 1. The van der Waals surface area contributed by atoms with E-state index in [2.05, 4.69) is 15.0 Å². The molecular weight excluding hydrogens is 381 g/mol. The molecule has 3 rings (SSSR count). The predicted octanol–water partition coefficient (Wildman–Crippen LogP) is 3.70. The van der Waals surface area contributed by atoms with Gasteiger partial charge in [-0.05, 0) is 43.7 Å². The molecule has 2 aromatic carbocycles. The van der Waals surface area contributed by atoms with Crippen molar-refractivity contribution in [2.45, 2.75) is 31.2 Å². The van der Waals surface area contributed by atoms with Crippen LogP contribution < -0.4 is 10.0 Å². The van der Waals surface area contributed by atoms with Gasteiger partial charge in [-0.15, -0.1) is 0 Å². The number of nitrogens with one attached hydrogen (secondary N) is 2. The number of sulfonamides is 1. The maximum atomic E-state index is 14.2. The Morgan fingerprint density at radius 3 is 2.68 bits per heavy atom. The van der Waals surface area contributed by atoms with Crippen LogP contribution in [-0.2, 0) is 10.0 Å². The monoisotopic (exact) mass is 401 g/mol. The minimum absolute atomic E-state index is 0.170. The number of amides is 1. The molecule has 1 amide bonds. The van der Waals surface area contributed by atoms with Gasteiger partial charge in [-0.2, -0.15) is 0 Å². The number of anilines is 1. The summed E-state index contributed by atoms with van der Waals surface area (Å²) in [5.41, 5.74) is 0.783. The van der Waals surface area contributed by atoms with Crippen molar-refractivity contribution < 1.29 is 17.6 Å². The van der Waals surface area contributed by atoms with Gasteiger partial charge in [0, 0.05) is 11.4 Å². The first-order valence-electron chi connectivity index (χ1n) is 8.78. The molecule has 0 saturated carbocycles. The van der Waals surface area contributed by atoms with Gasteiger partial charge in [-0.25, -0.2) is 17.5 Å². The summed E-state index contributed by atoms with van der Waals surface area (Å²) in [6.45, 7) is 3.57. The van der Waals surface area contributed by atoms with Crippen LogP contribution in [0.15, 0.2) is 59.6 Å². The summed E-state index contributed by atoms with van der Waals surface area (Å²) in [6.07, 6.45) is 2.06. The van der Waals surface area contributed by atoms with E-state index in [0.29, 0.717) is 12.1 Å². The van der Waals surface area contributed by atoms with Gasteiger partial charge in [0.15, 0.2) is 0 Å². The van der Waals surface area contributed by atoms with Crippen LogP contribution in [0.1, 0.15) is 30.6 Å². The van der Waals surface area contributed by atoms with Crippen molar-refractivity contribution in [1.29, 1.82) is 0 Å². The fraction of sp³-hybridized carbons (Fsp3) is 0.200. The number of pyridine rings is 1. The first kappa shape index (κ1) is 19.9. The largest absolute Gasteiger partial charge is 0.320 e. The first-order chi connectivity index (χ1) is 13.3. The molecule has 0 aliphatic rings. The maximum absolute atomic E-state index is 14.2. The molecule has 6 nitrogen and oxygen atoms in total. The number of carbonyl (C=O) groups is 1. The van der Waals surface area contributed by atoms with E-state index in [4.69, 9.17) is 0 Å². The molecule has 0 saturated heterocycles. The van der Waals surface area contributed by atoms with Crippen molar-refractivity contribution in [3.05, 3.63) is 66.1 Å². The van der Waals surface area contributed by atoms with Crippen molar-refractivity contribution in [3.8, 4) is 0 Å². The molecule has 1 atom stereocenters. The van der Waals surface area contributed by atoms with Crippen LogP contribution in [-0.4, -0.2) is 25.4 Å². The van der Waals surface area contributed by atoms with Gasteiger partial charge in [0.1, 0.15) is 5.82 Å². The fourth-order valence-corrected chi connectivity index (χ4v) is 3.95. The summed E-state index contributed by atoms with van der Waals surface area (Å²) in [4.78, 5) is 16.6. The zero-order valence-corrected chi connectivity index (χ0v) is 16.3. The zero-order chi connectivity index (χ0) is 20.3. The van der Waals surface area contributed by atoms with Gasteiger partial charge >= 0.3 is 0 Å². The Balaban J connectivity index is 1.88. The summed E-state index contributed by atoms with van der Waals surface area (Å²) in [7, 11) is -3.86. The maximum Gasteiger partial charge on any atom is 0.258 e. The molecule has 28 heavy (non-hydrogen) atoms. The Kier molecular flexibility index (Phi) is 5.71. The second-order valence-electron chi connectivity index (χ2n) is 6.44. The lowest BCUT2D eigenvalue weighted by Gasteiger charge is -2.13. The highest BCUT2D eigenvalue weighted by Gasteiger charge is 2.21. The van der Waals surface area contributed by atoms with Crippen LogP contribution in [0.25, 0.3) is 10.9 Å². The van der Waals surface area contributed by atoms with Crippen molar-refractivity contribution in [2.24, 2.45) is 0 Å². The molecule has 0 fully saturated rings. The third kappa shape index (κ3) is 4.35. The Labute approximate surface area is 162 Å². The highest BCUT2D eigenvalue weighted by Crippen LogP contribution is 2.20. The average molecular weight is 401 g/mol. The van der Waals surface area contributed by atoms with Gasteiger partial charge in [-0.1, -0.05) is 25.1 Å². The molecule has 0 unspecified atom stereocenters. The van der Waals surface area contributed by atoms with Gasteiger partial charge in [0.25, 0.3) is 5.91 Å². The number of fused-ring (bicyclic) bond motifs is 1. The number of hydrogen-bond donors (Lipinski definition) is 2. The quantitative estimate of drug-likeness (QED) is 0.659. The second-order valence-corrected chi connectivity index (χ2v) is 8.16.